The Bertz CT molecular complexity index is 405. The van der Waals surface area contributed by atoms with E-state index in [0.29, 0.717) is 0 Å². The molecule has 1 saturated heterocycles. The van der Waals surface area contributed by atoms with Crippen LogP contribution in [0.5, 0.6) is 0 Å². The molecule has 1 atom stereocenters. The Kier molecular flexibility index (Phi) is 5.83. The van der Waals surface area contributed by atoms with Gasteiger partial charge in [-0.1, -0.05) is 0 Å². The quantitative estimate of drug-likeness (QED) is 0.872. The number of nitrogens with zero attached hydrogens (tertiary/aromatic N) is 1. The van der Waals surface area contributed by atoms with Gasteiger partial charge >= 0.3 is 0 Å². The Balaban J connectivity index is 1.94. The predicted molar refractivity (Wildman–Crippen MR) is 90.9 cm³/mol. The standard InChI is InChI=1S/C17H30N2OS/c1-16(2,3)18-12-17(7-5-8-20-14-17)13-19(4)10-15-6-9-21-11-15/h6,9,11,18H,5,7-8,10,12-14H2,1-4H3. The minimum atomic E-state index is 0.163. The molecule has 0 aliphatic carbocycles. The van der Waals surface area contributed by atoms with Gasteiger partial charge in [-0.15, -0.1) is 0 Å². The summed E-state index contributed by atoms with van der Waals surface area (Å²) in [6, 6.07) is 2.22. The molecule has 2 rings (SSSR count). The van der Waals surface area contributed by atoms with Gasteiger partial charge in [0.15, 0.2) is 0 Å². The van der Waals surface area contributed by atoms with Crippen LogP contribution in [0.4, 0.5) is 0 Å². The molecular formula is C17H30N2OS. The van der Waals surface area contributed by atoms with Gasteiger partial charge in [0.25, 0.3) is 0 Å². The van der Waals surface area contributed by atoms with Crippen molar-refractivity contribution in [3.63, 3.8) is 0 Å². The molecule has 1 aliphatic heterocycles. The zero-order chi connectivity index (χ0) is 15.3. The molecule has 1 aliphatic rings. The summed E-state index contributed by atoms with van der Waals surface area (Å²) in [4.78, 5) is 2.45. The van der Waals surface area contributed by atoms with E-state index in [2.05, 4.69) is 54.9 Å². The van der Waals surface area contributed by atoms with Gasteiger partial charge in [-0.3, -0.25) is 0 Å². The average molecular weight is 311 g/mol. The Morgan fingerprint density at radius 3 is 2.81 bits per heavy atom. The Labute approximate surface area is 133 Å². The predicted octanol–water partition coefficient (Wildman–Crippen LogP) is 3.36. The van der Waals surface area contributed by atoms with Gasteiger partial charge in [-0.2, -0.15) is 11.3 Å². The van der Waals surface area contributed by atoms with Crippen LogP contribution in [0.2, 0.25) is 0 Å². The maximum atomic E-state index is 5.82. The number of thiophene rings is 1. The molecule has 21 heavy (non-hydrogen) atoms. The van der Waals surface area contributed by atoms with Gasteiger partial charge < -0.3 is 15.0 Å². The molecule has 0 radical (unpaired) electrons. The SMILES string of the molecule is CN(Cc1ccsc1)CC1(CNC(C)(C)C)CCCOC1. The zero-order valence-electron chi connectivity index (χ0n) is 13.9. The van der Waals surface area contributed by atoms with Crippen LogP contribution in [0.25, 0.3) is 0 Å². The molecule has 1 fully saturated rings. The van der Waals surface area contributed by atoms with Gasteiger partial charge in [-0.05, 0) is 63.1 Å². The molecule has 1 unspecified atom stereocenters. The normalized spacial score (nSPS) is 23.7. The third kappa shape index (κ3) is 5.70. The summed E-state index contributed by atoms with van der Waals surface area (Å²) >= 11 is 1.78. The first-order valence-corrected chi connectivity index (χ1v) is 8.85. The zero-order valence-corrected chi connectivity index (χ0v) is 14.8. The van der Waals surface area contributed by atoms with Gasteiger partial charge in [0.2, 0.25) is 0 Å². The molecule has 0 spiro atoms. The van der Waals surface area contributed by atoms with E-state index in [1.807, 2.05) is 0 Å². The molecule has 0 amide bonds. The topological polar surface area (TPSA) is 24.5 Å². The smallest absolute Gasteiger partial charge is 0.0546 e. The van der Waals surface area contributed by atoms with Crippen LogP contribution in [-0.4, -0.2) is 43.8 Å². The monoisotopic (exact) mass is 310 g/mol. The van der Waals surface area contributed by atoms with Crippen molar-refractivity contribution in [2.45, 2.75) is 45.7 Å². The summed E-state index contributed by atoms with van der Waals surface area (Å²) in [6.45, 7) is 11.7. The first-order valence-electron chi connectivity index (χ1n) is 7.91. The van der Waals surface area contributed by atoms with E-state index >= 15 is 0 Å². The van der Waals surface area contributed by atoms with Crippen molar-refractivity contribution in [2.24, 2.45) is 5.41 Å². The summed E-state index contributed by atoms with van der Waals surface area (Å²) < 4.78 is 5.82. The number of hydrogen-bond donors (Lipinski definition) is 1. The van der Waals surface area contributed by atoms with Crippen molar-refractivity contribution in [1.29, 1.82) is 0 Å². The Hall–Kier alpha value is -0.420. The van der Waals surface area contributed by atoms with Crippen LogP contribution in [0.3, 0.4) is 0 Å². The summed E-state index contributed by atoms with van der Waals surface area (Å²) in [6.07, 6.45) is 2.43. The molecule has 1 N–H and O–H groups in total. The molecule has 120 valence electrons. The molecule has 0 saturated carbocycles. The van der Waals surface area contributed by atoms with Crippen LogP contribution in [0.1, 0.15) is 39.2 Å². The fourth-order valence-electron chi connectivity index (χ4n) is 3.01. The van der Waals surface area contributed by atoms with Crippen molar-refractivity contribution < 1.29 is 4.74 Å². The molecule has 0 aromatic carbocycles. The second-order valence-corrected chi connectivity index (χ2v) is 8.34. The lowest BCUT2D eigenvalue weighted by molar-refractivity contribution is -0.0263. The highest BCUT2D eigenvalue weighted by molar-refractivity contribution is 7.07. The molecule has 4 heteroatoms. The van der Waals surface area contributed by atoms with E-state index < -0.39 is 0 Å². The van der Waals surface area contributed by atoms with E-state index in [9.17, 15) is 0 Å². The van der Waals surface area contributed by atoms with Crippen molar-refractivity contribution in [1.82, 2.24) is 10.2 Å². The third-order valence-corrected chi connectivity index (χ3v) is 4.77. The number of nitrogens with one attached hydrogen (secondary N) is 1. The van der Waals surface area contributed by atoms with Crippen molar-refractivity contribution in [3.05, 3.63) is 22.4 Å². The van der Waals surface area contributed by atoms with Gasteiger partial charge in [0.1, 0.15) is 0 Å². The first-order chi connectivity index (χ1) is 9.89. The fourth-order valence-corrected chi connectivity index (χ4v) is 3.67. The second kappa shape index (κ2) is 7.23. The highest BCUT2D eigenvalue weighted by atomic mass is 32.1. The van der Waals surface area contributed by atoms with Crippen molar-refractivity contribution in [3.8, 4) is 0 Å². The van der Waals surface area contributed by atoms with Gasteiger partial charge in [0.05, 0.1) is 6.61 Å². The van der Waals surface area contributed by atoms with Crippen molar-refractivity contribution in [2.75, 3.05) is 33.4 Å². The van der Waals surface area contributed by atoms with E-state index in [0.717, 1.165) is 32.8 Å². The van der Waals surface area contributed by atoms with Crippen LogP contribution < -0.4 is 5.32 Å². The van der Waals surface area contributed by atoms with E-state index in [1.165, 1.54) is 18.4 Å². The minimum Gasteiger partial charge on any atom is -0.381 e. The molecular weight excluding hydrogens is 280 g/mol. The van der Waals surface area contributed by atoms with Gasteiger partial charge in [0, 0.05) is 37.2 Å². The fraction of sp³-hybridized carbons (Fsp3) is 0.765. The van der Waals surface area contributed by atoms with Gasteiger partial charge in [-0.25, -0.2) is 0 Å². The number of ether oxygens (including phenoxy) is 1. The highest BCUT2D eigenvalue weighted by Crippen LogP contribution is 2.30. The summed E-state index contributed by atoms with van der Waals surface area (Å²) in [5.74, 6) is 0. The van der Waals surface area contributed by atoms with E-state index in [4.69, 9.17) is 4.74 Å². The highest BCUT2D eigenvalue weighted by Gasteiger charge is 2.35. The van der Waals surface area contributed by atoms with Crippen LogP contribution in [0, 0.1) is 5.41 Å². The van der Waals surface area contributed by atoms with Crippen molar-refractivity contribution >= 4 is 11.3 Å². The largest absolute Gasteiger partial charge is 0.381 e. The summed E-state index contributed by atoms with van der Waals surface area (Å²) in [5, 5.41) is 8.09. The molecule has 1 aromatic rings. The van der Waals surface area contributed by atoms with Crippen LogP contribution >= 0.6 is 11.3 Å². The minimum absolute atomic E-state index is 0.163. The molecule has 3 nitrogen and oxygen atoms in total. The third-order valence-electron chi connectivity index (χ3n) is 4.04. The molecule has 1 aromatic heterocycles. The summed E-state index contributed by atoms with van der Waals surface area (Å²) in [7, 11) is 2.23. The first kappa shape index (κ1) is 16.9. The molecule has 0 bridgehead atoms. The maximum Gasteiger partial charge on any atom is 0.0546 e. The number of hydrogen-bond acceptors (Lipinski definition) is 4. The lowest BCUT2D eigenvalue weighted by Crippen LogP contribution is -2.51. The van der Waals surface area contributed by atoms with E-state index in [1.54, 1.807) is 11.3 Å². The Morgan fingerprint density at radius 1 is 1.43 bits per heavy atom. The lowest BCUT2D eigenvalue weighted by Gasteiger charge is -2.41. The Morgan fingerprint density at radius 2 is 2.24 bits per heavy atom. The molecule has 2 heterocycles. The second-order valence-electron chi connectivity index (χ2n) is 7.56. The van der Waals surface area contributed by atoms with E-state index in [-0.39, 0.29) is 11.0 Å². The average Bonchev–Trinajstić information content (AvgIpc) is 2.89. The number of rotatable bonds is 6. The van der Waals surface area contributed by atoms with Crippen LogP contribution in [0.15, 0.2) is 16.8 Å². The lowest BCUT2D eigenvalue weighted by atomic mass is 9.81. The summed E-state index contributed by atoms with van der Waals surface area (Å²) in [5.41, 5.74) is 1.82. The van der Waals surface area contributed by atoms with Crippen LogP contribution in [-0.2, 0) is 11.3 Å². The maximum absolute atomic E-state index is 5.82.